The van der Waals surface area contributed by atoms with Gasteiger partial charge in [-0.2, -0.15) is 5.10 Å². The van der Waals surface area contributed by atoms with E-state index in [0.29, 0.717) is 12.1 Å². The SMILES string of the molecule is Cc1ccccc1N1Cc2nn(-c3ccc(N4CC[C@H](C)C4)nc3)cc2C1=O. The third-order valence-corrected chi connectivity index (χ3v) is 5.73. The Hall–Kier alpha value is -3.15. The molecule has 2 aliphatic rings. The van der Waals surface area contributed by atoms with Crippen LogP contribution in [0, 0.1) is 12.8 Å². The number of para-hydroxylation sites is 1. The van der Waals surface area contributed by atoms with Crippen LogP contribution < -0.4 is 9.80 Å². The maximum Gasteiger partial charge on any atom is 0.262 e. The zero-order chi connectivity index (χ0) is 19.3. The van der Waals surface area contributed by atoms with Crippen molar-refractivity contribution in [1.29, 1.82) is 0 Å². The first-order valence-corrected chi connectivity index (χ1v) is 9.77. The smallest absolute Gasteiger partial charge is 0.262 e. The van der Waals surface area contributed by atoms with Gasteiger partial charge in [0.1, 0.15) is 5.82 Å². The van der Waals surface area contributed by atoms with Gasteiger partial charge < -0.3 is 9.80 Å². The number of hydrogen-bond acceptors (Lipinski definition) is 4. The molecule has 0 N–H and O–H groups in total. The Morgan fingerprint density at radius 1 is 1.14 bits per heavy atom. The number of benzene rings is 1. The van der Waals surface area contributed by atoms with Crippen molar-refractivity contribution in [1.82, 2.24) is 14.8 Å². The average molecular weight is 373 g/mol. The number of aromatic nitrogens is 3. The topological polar surface area (TPSA) is 54.3 Å². The van der Waals surface area contributed by atoms with Gasteiger partial charge in [0.2, 0.25) is 0 Å². The molecule has 142 valence electrons. The van der Waals surface area contributed by atoms with Crippen molar-refractivity contribution in [3.05, 3.63) is 65.6 Å². The number of rotatable bonds is 3. The van der Waals surface area contributed by atoms with Crippen LogP contribution in [0.15, 0.2) is 48.8 Å². The first-order valence-electron chi connectivity index (χ1n) is 9.77. The molecule has 4 heterocycles. The number of aryl methyl sites for hydroxylation is 1. The molecule has 1 aromatic carbocycles. The second-order valence-corrected chi connectivity index (χ2v) is 7.83. The van der Waals surface area contributed by atoms with Gasteiger partial charge in [0.05, 0.1) is 29.7 Å². The van der Waals surface area contributed by atoms with Gasteiger partial charge >= 0.3 is 0 Å². The number of amides is 1. The van der Waals surface area contributed by atoms with Gasteiger partial charge in [-0.3, -0.25) is 4.79 Å². The van der Waals surface area contributed by atoms with E-state index in [2.05, 4.69) is 21.9 Å². The molecule has 1 saturated heterocycles. The lowest BCUT2D eigenvalue weighted by molar-refractivity contribution is 0.0996. The van der Waals surface area contributed by atoms with Gasteiger partial charge in [-0.05, 0) is 43.0 Å². The van der Waals surface area contributed by atoms with Crippen LogP contribution in [-0.2, 0) is 6.54 Å². The summed E-state index contributed by atoms with van der Waals surface area (Å²) in [5, 5.41) is 4.66. The summed E-state index contributed by atoms with van der Waals surface area (Å²) in [6, 6.07) is 12.0. The molecule has 0 saturated carbocycles. The van der Waals surface area contributed by atoms with Crippen LogP contribution in [0.3, 0.4) is 0 Å². The molecule has 0 aliphatic carbocycles. The van der Waals surface area contributed by atoms with E-state index in [9.17, 15) is 4.79 Å². The van der Waals surface area contributed by atoms with E-state index >= 15 is 0 Å². The van der Waals surface area contributed by atoms with E-state index in [0.717, 1.165) is 47.5 Å². The number of hydrogen-bond donors (Lipinski definition) is 0. The summed E-state index contributed by atoms with van der Waals surface area (Å²) < 4.78 is 1.77. The minimum Gasteiger partial charge on any atom is -0.356 e. The predicted octanol–water partition coefficient (Wildman–Crippen LogP) is 3.58. The lowest BCUT2D eigenvalue weighted by Gasteiger charge is -2.18. The fourth-order valence-corrected chi connectivity index (χ4v) is 4.11. The van der Waals surface area contributed by atoms with Crippen LogP contribution in [0.5, 0.6) is 0 Å². The van der Waals surface area contributed by atoms with Gasteiger partial charge in [-0.25, -0.2) is 9.67 Å². The molecule has 6 heteroatoms. The van der Waals surface area contributed by atoms with E-state index in [1.807, 2.05) is 55.7 Å². The van der Waals surface area contributed by atoms with E-state index < -0.39 is 0 Å². The second-order valence-electron chi connectivity index (χ2n) is 7.83. The minimum atomic E-state index is 0.00573. The number of carbonyl (C=O) groups is 1. The molecular formula is C22H23N5O. The standard InChI is InChI=1S/C22H23N5O/c1-15-9-10-25(12-15)21-8-7-17(11-23-21)27-13-18-19(24-27)14-26(22(18)28)20-6-4-3-5-16(20)2/h3-8,11,13,15H,9-10,12,14H2,1-2H3/t15-/m0/s1. The van der Waals surface area contributed by atoms with Crippen molar-refractivity contribution in [3.63, 3.8) is 0 Å². The summed E-state index contributed by atoms with van der Waals surface area (Å²) in [5.41, 5.74) is 4.39. The highest BCUT2D eigenvalue weighted by atomic mass is 16.2. The largest absolute Gasteiger partial charge is 0.356 e. The second kappa shape index (κ2) is 6.48. The molecule has 1 atom stereocenters. The Balaban J connectivity index is 1.38. The number of fused-ring (bicyclic) bond motifs is 1. The third-order valence-electron chi connectivity index (χ3n) is 5.73. The first kappa shape index (κ1) is 17.0. The maximum absolute atomic E-state index is 12.9. The molecule has 28 heavy (non-hydrogen) atoms. The van der Waals surface area contributed by atoms with Gasteiger partial charge in [-0.15, -0.1) is 0 Å². The summed E-state index contributed by atoms with van der Waals surface area (Å²) in [6.45, 7) is 6.92. The van der Waals surface area contributed by atoms with Crippen LogP contribution in [0.4, 0.5) is 11.5 Å². The summed E-state index contributed by atoms with van der Waals surface area (Å²) in [7, 11) is 0. The highest BCUT2D eigenvalue weighted by molar-refractivity contribution is 6.09. The highest BCUT2D eigenvalue weighted by Gasteiger charge is 2.32. The quantitative estimate of drug-likeness (QED) is 0.704. The van der Waals surface area contributed by atoms with Crippen LogP contribution in [0.2, 0.25) is 0 Å². The van der Waals surface area contributed by atoms with E-state index in [-0.39, 0.29) is 5.91 Å². The highest BCUT2D eigenvalue weighted by Crippen LogP contribution is 2.30. The Morgan fingerprint density at radius 2 is 2.00 bits per heavy atom. The molecule has 0 spiro atoms. The van der Waals surface area contributed by atoms with Gasteiger partial charge in [0.25, 0.3) is 5.91 Å². The van der Waals surface area contributed by atoms with Crippen LogP contribution in [-0.4, -0.2) is 33.8 Å². The Morgan fingerprint density at radius 3 is 2.68 bits per heavy atom. The van der Waals surface area contributed by atoms with Gasteiger partial charge in [0, 0.05) is 25.0 Å². The summed E-state index contributed by atoms with van der Waals surface area (Å²) in [5.74, 6) is 1.73. The average Bonchev–Trinajstić information content (AvgIpc) is 3.39. The van der Waals surface area contributed by atoms with Crippen molar-refractivity contribution in [2.75, 3.05) is 22.9 Å². The van der Waals surface area contributed by atoms with E-state index in [4.69, 9.17) is 0 Å². The Kier molecular flexibility index (Phi) is 3.93. The monoisotopic (exact) mass is 373 g/mol. The molecule has 0 bridgehead atoms. The molecule has 5 rings (SSSR count). The molecule has 6 nitrogen and oxygen atoms in total. The Labute approximate surface area is 164 Å². The maximum atomic E-state index is 12.9. The normalized spacial score (nSPS) is 18.8. The molecular weight excluding hydrogens is 350 g/mol. The van der Waals surface area contributed by atoms with Crippen LogP contribution in [0.1, 0.15) is 35.0 Å². The van der Waals surface area contributed by atoms with Crippen molar-refractivity contribution in [2.24, 2.45) is 5.92 Å². The van der Waals surface area contributed by atoms with Crippen molar-refractivity contribution < 1.29 is 4.79 Å². The molecule has 1 amide bonds. The molecule has 0 radical (unpaired) electrons. The van der Waals surface area contributed by atoms with E-state index in [1.54, 1.807) is 9.58 Å². The Bertz CT molecular complexity index is 1040. The van der Waals surface area contributed by atoms with Gasteiger partial charge in [0.15, 0.2) is 0 Å². The minimum absolute atomic E-state index is 0.00573. The van der Waals surface area contributed by atoms with Crippen LogP contribution in [0.25, 0.3) is 5.69 Å². The first-order chi connectivity index (χ1) is 13.6. The zero-order valence-corrected chi connectivity index (χ0v) is 16.2. The van der Waals surface area contributed by atoms with Crippen molar-refractivity contribution in [3.8, 4) is 5.69 Å². The summed E-state index contributed by atoms with van der Waals surface area (Å²) in [4.78, 5) is 21.6. The predicted molar refractivity (Wildman–Crippen MR) is 109 cm³/mol. The summed E-state index contributed by atoms with van der Waals surface area (Å²) >= 11 is 0. The fourth-order valence-electron chi connectivity index (χ4n) is 4.11. The molecule has 2 aromatic heterocycles. The van der Waals surface area contributed by atoms with Gasteiger partial charge in [-0.1, -0.05) is 25.1 Å². The lowest BCUT2D eigenvalue weighted by atomic mass is 10.2. The number of nitrogens with zero attached hydrogens (tertiary/aromatic N) is 5. The number of carbonyl (C=O) groups excluding carboxylic acids is 1. The molecule has 3 aromatic rings. The summed E-state index contributed by atoms with van der Waals surface area (Å²) in [6.07, 6.45) is 4.88. The van der Waals surface area contributed by atoms with Crippen molar-refractivity contribution in [2.45, 2.75) is 26.8 Å². The van der Waals surface area contributed by atoms with Crippen molar-refractivity contribution >= 4 is 17.4 Å². The van der Waals surface area contributed by atoms with Crippen LogP contribution >= 0.6 is 0 Å². The molecule has 0 unspecified atom stereocenters. The fraction of sp³-hybridized carbons (Fsp3) is 0.318. The molecule has 2 aliphatic heterocycles. The third kappa shape index (κ3) is 2.76. The number of anilines is 2. The lowest BCUT2D eigenvalue weighted by Crippen LogP contribution is -2.24. The number of pyridine rings is 1. The van der Waals surface area contributed by atoms with E-state index in [1.165, 1.54) is 6.42 Å². The zero-order valence-electron chi connectivity index (χ0n) is 16.2. The molecule has 1 fully saturated rings.